The van der Waals surface area contributed by atoms with Gasteiger partial charge in [-0.25, -0.2) is 0 Å². The van der Waals surface area contributed by atoms with Crippen LogP contribution in [-0.4, -0.2) is 17.5 Å². The minimum absolute atomic E-state index is 0.230. The maximum Gasteiger partial charge on any atom is 0.0371 e. The Kier molecular flexibility index (Phi) is 4.86. The van der Waals surface area contributed by atoms with Gasteiger partial charge in [-0.3, -0.25) is 0 Å². The van der Waals surface area contributed by atoms with E-state index in [0.717, 1.165) is 0 Å². The highest BCUT2D eigenvalue weighted by Gasteiger charge is 2.33. The van der Waals surface area contributed by atoms with E-state index in [1.54, 1.807) is 0 Å². The molecule has 2 heteroatoms. The Balaban J connectivity index is 2.13. The van der Waals surface area contributed by atoms with Crippen molar-refractivity contribution in [2.24, 2.45) is 10.8 Å². The van der Waals surface area contributed by atoms with Crippen molar-refractivity contribution in [2.45, 2.75) is 53.1 Å². The standard InChI is InChI=1S/C18H29NS/c1-17(2,3)16(14-9-7-6-8-10-14)19-15-11-18(4,5)13-20-12-15/h6-10,15-16,19H,11-13H2,1-5H3. The van der Waals surface area contributed by atoms with Crippen molar-refractivity contribution in [3.63, 3.8) is 0 Å². The lowest BCUT2D eigenvalue weighted by molar-refractivity contribution is 0.223. The summed E-state index contributed by atoms with van der Waals surface area (Å²) in [5.74, 6) is 2.53. The fourth-order valence-corrected chi connectivity index (χ4v) is 4.38. The van der Waals surface area contributed by atoms with Crippen molar-refractivity contribution in [3.8, 4) is 0 Å². The quantitative estimate of drug-likeness (QED) is 0.850. The van der Waals surface area contributed by atoms with Gasteiger partial charge in [0.1, 0.15) is 0 Å². The van der Waals surface area contributed by atoms with E-state index in [-0.39, 0.29) is 5.41 Å². The van der Waals surface area contributed by atoms with E-state index in [2.05, 4.69) is 82.0 Å². The van der Waals surface area contributed by atoms with Crippen LogP contribution in [0.5, 0.6) is 0 Å². The lowest BCUT2D eigenvalue weighted by Gasteiger charge is -2.40. The highest BCUT2D eigenvalue weighted by atomic mass is 32.2. The molecule has 112 valence electrons. The molecule has 2 atom stereocenters. The molecule has 0 spiro atoms. The fourth-order valence-electron chi connectivity index (χ4n) is 3.10. The summed E-state index contributed by atoms with van der Waals surface area (Å²) >= 11 is 2.10. The minimum atomic E-state index is 0.230. The molecule has 1 saturated heterocycles. The Bertz CT molecular complexity index is 419. The van der Waals surface area contributed by atoms with Gasteiger partial charge >= 0.3 is 0 Å². The molecule has 2 rings (SSSR count). The Morgan fingerprint density at radius 1 is 1.20 bits per heavy atom. The number of thioether (sulfide) groups is 1. The summed E-state index contributed by atoms with van der Waals surface area (Å²) in [6, 6.07) is 11.9. The van der Waals surface area contributed by atoms with E-state index in [0.29, 0.717) is 17.5 Å². The largest absolute Gasteiger partial charge is 0.306 e. The van der Waals surface area contributed by atoms with Crippen LogP contribution in [-0.2, 0) is 0 Å². The van der Waals surface area contributed by atoms with Crippen molar-refractivity contribution in [1.82, 2.24) is 5.32 Å². The van der Waals surface area contributed by atoms with Crippen LogP contribution in [0.15, 0.2) is 30.3 Å². The molecular formula is C18H29NS. The predicted molar refractivity (Wildman–Crippen MR) is 91.3 cm³/mol. The summed E-state index contributed by atoms with van der Waals surface area (Å²) in [4.78, 5) is 0. The maximum atomic E-state index is 3.95. The van der Waals surface area contributed by atoms with Gasteiger partial charge in [-0.15, -0.1) is 0 Å². The molecule has 1 heterocycles. The Morgan fingerprint density at radius 3 is 2.40 bits per heavy atom. The molecule has 1 aromatic carbocycles. The number of benzene rings is 1. The van der Waals surface area contributed by atoms with Crippen LogP contribution in [0.4, 0.5) is 0 Å². The molecule has 1 aliphatic heterocycles. The molecule has 1 nitrogen and oxygen atoms in total. The van der Waals surface area contributed by atoms with Crippen LogP contribution >= 0.6 is 11.8 Å². The molecule has 2 unspecified atom stereocenters. The van der Waals surface area contributed by atoms with Gasteiger partial charge in [0.15, 0.2) is 0 Å². The molecule has 1 aliphatic rings. The number of nitrogens with one attached hydrogen (secondary N) is 1. The molecule has 0 radical (unpaired) electrons. The van der Waals surface area contributed by atoms with Crippen LogP contribution < -0.4 is 5.32 Å². The van der Waals surface area contributed by atoms with Gasteiger partial charge in [-0.2, -0.15) is 11.8 Å². The Hall–Kier alpha value is -0.470. The summed E-state index contributed by atoms with van der Waals surface area (Å²) in [5, 5.41) is 3.95. The normalized spacial score (nSPS) is 24.4. The molecule has 20 heavy (non-hydrogen) atoms. The molecule has 0 bridgehead atoms. The molecule has 1 aromatic rings. The molecule has 0 aromatic heterocycles. The Labute approximate surface area is 128 Å². The van der Waals surface area contributed by atoms with Crippen LogP contribution in [0, 0.1) is 10.8 Å². The van der Waals surface area contributed by atoms with E-state index in [1.807, 2.05) is 0 Å². The fraction of sp³-hybridized carbons (Fsp3) is 0.667. The zero-order chi connectivity index (χ0) is 14.8. The predicted octanol–water partition coefficient (Wildman–Crippen LogP) is 4.90. The SMILES string of the molecule is CC1(C)CSCC(NC(c2ccccc2)C(C)(C)C)C1. The van der Waals surface area contributed by atoms with Gasteiger partial charge in [0.2, 0.25) is 0 Å². The number of hydrogen-bond acceptors (Lipinski definition) is 2. The van der Waals surface area contributed by atoms with Crippen molar-refractivity contribution in [2.75, 3.05) is 11.5 Å². The zero-order valence-electron chi connectivity index (χ0n) is 13.6. The molecule has 0 saturated carbocycles. The first-order chi connectivity index (χ1) is 9.28. The molecule has 0 aliphatic carbocycles. The van der Waals surface area contributed by atoms with E-state index in [4.69, 9.17) is 0 Å². The van der Waals surface area contributed by atoms with Crippen molar-refractivity contribution < 1.29 is 0 Å². The van der Waals surface area contributed by atoms with Crippen LogP contribution in [0.3, 0.4) is 0 Å². The first-order valence-corrected chi connectivity index (χ1v) is 8.82. The molecule has 0 amide bonds. The second kappa shape index (κ2) is 6.11. The van der Waals surface area contributed by atoms with E-state index >= 15 is 0 Å². The molecule has 1 fully saturated rings. The Morgan fingerprint density at radius 2 is 1.85 bits per heavy atom. The second-order valence-electron chi connectivity index (χ2n) is 7.96. The third-order valence-electron chi connectivity index (χ3n) is 4.01. The molecular weight excluding hydrogens is 262 g/mol. The number of rotatable bonds is 3. The van der Waals surface area contributed by atoms with E-state index in [1.165, 1.54) is 23.5 Å². The van der Waals surface area contributed by atoms with Crippen molar-refractivity contribution in [1.29, 1.82) is 0 Å². The summed E-state index contributed by atoms with van der Waals surface area (Å²) in [7, 11) is 0. The van der Waals surface area contributed by atoms with Gasteiger partial charge in [0.05, 0.1) is 0 Å². The zero-order valence-corrected chi connectivity index (χ0v) is 14.4. The van der Waals surface area contributed by atoms with Gasteiger partial charge in [-0.1, -0.05) is 65.0 Å². The van der Waals surface area contributed by atoms with Crippen LogP contribution in [0.25, 0.3) is 0 Å². The third kappa shape index (κ3) is 4.26. The topological polar surface area (TPSA) is 12.0 Å². The summed E-state index contributed by atoms with van der Waals surface area (Å²) < 4.78 is 0. The van der Waals surface area contributed by atoms with Gasteiger partial charge in [-0.05, 0) is 28.6 Å². The lowest BCUT2D eigenvalue weighted by atomic mass is 9.80. The average Bonchev–Trinajstić information content (AvgIpc) is 2.34. The van der Waals surface area contributed by atoms with Gasteiger partial charge in [0, 0.05) is 17.8 Å². The summed E-state index contributed by atoms with van der Waals surface area (Å²) in [6.07, 6.45) is 1.28. The highest BCUT2D eigenvalue weighted by molar-refractivity contribution is 7.99. The van der Waals surface area contributed by atoms with Crippen LogP contribution in [0.2, 0.25) is 0 Å². The van der Waals surface area contributed by atoms with Crippen LogP contribution in [0.1, 0.15) is 52.6 Å². The van der Waals surface area contributed by atoms with Gasteiger partial charge < -0.3 is 5.32 Å². The number of hydrogen-bond donors (Lipinski definition) is 1. The lowest BCUT2D eigenvalue weighted by Crippen LogP contribution is -2.45. The minimum Gasteiger partial charge on any atom is -0.306 e. The molecule has 1 N–H and O–H groups in total. The van der Waals surface area contributed by atoms with Crippen molar-refractivity contribution >= 4 is 11.8 Å². The van der Waals surface area contributed by atoms with Gasteiger partial charge in [0.25, 0.3) is 0 Å². The smallest absolute Gasteiger partial charge is 0.0371 e. The third-order valence-corrected chi connectivity index (χ3v) is 5.64. The first-order valence-electron chi connectivity index (χ1n) is 7.67. The van der Waals surface area contributed by atoms with E-state index in [9.17, 15) is 0 Å². The van der Waals surface area contributed by atoms with E-state index < -0.39 is 0 Å². The highest BCUT2D eigenvalue weighted by Crippen LogP contribution is 2.38. The maximum absolute atomic E-state index is 3.95. The first kappa shape index (κ1) is 15.9. The summed E-state index contributed by atoms with van der Waals surface area (Å²) in [5.41, 5.74) is 2.10. The second-order valence-corrected chi connectivity index (χ2v) is 8.99. The average molecular weight is 292 g/mol. The monoisotopic (exact) mass is 291 g/mol. The summed E-state index contributed by atoms with van der Waals surface area (Å²) in [6.45, 7) is 11.8. The van der Waals surface area contributed by atoms with Crippen molar-refractivity contribution in [3.05, 3.63) is 35.9 Å².